The molecule has 3 fully saturated rings. The van der Waals surface area contributed by atoms with Crippen LogP contribution in [-0.4, -0.2) is 5.78 Å². The largest absolute Gasteiger partial charge is 0.468 e. The first-order valence-corrected chi connectivity index (χ1v) is 7.42. The number of hydrogen-bond donors (Lipinski definition) is 0. The van der Waals surface area contributed by atoms with Gasteiger partial charge in [0.15, 0.2) is 0 Å². The lowest BCUT2D eigenvalue weighted by Gasteiger charge is -2.29. The topological polar surface area (TPSA) is 30.2 Å². The van der Waals surface area contributed by atoms with Crippen LogP contribution >= 0.6 is 0 Å². The van der Waals surface area contributed by atoms with E-state index in [1.807, 2.05) is 12.1 Å². The van der Waals surface area contributed by atoms with E-state index in [1.54, 1.807) is 6.26 Å². The maximum absolute atomic E-state index is 13.0. The summed E-state index contributed by atoms with van der Waals surface area (Å²) in [6, 6.07) is 3.97. The molecule has 1 aromatic rings. The summed E-state index contributed by atoms with van der Waals surface area (Å²) in [7, 11) is 0. The predicted octanol–water partition coefficient (Wildman–Crippen LogP) is 3.71. The number of hydrogen-bond acceptors (Lipinski definition) is 2. The number of ketones is 1. The Morgan fingerprint density at radius 3 is 2.89 bits per heavy atom. The summed E-state index contributed by atoms with van der Waals surface area (Å²) in [4.78, 5) is 13.0. The highest BCUT2D eigenvalue weighted by atomic mass is 16.3. The fourth-order valence-electron chi connectivity index (χ4n) is 5.18. The highest BCUT2D eigenvalue weighted by Crippen LogP contribution is 2.61. The lowest BCUT2D eigenvalue weighted by molar-refractivity contribution is -0.127. The van der Waals surface area contributed by atoms with E-state index in [9.17, 15) is 4.79 Å². The van der Waals surface area contributed by atoms with Crippen LogP contribution in [0.3, 0.4) is 0 Å². The molecule has 0 unspecified atom stereocenters. The molecule has 4 atom stereocenters. The van der Waals surface area contributed by atoms with Gasteiger partial charge in [-0.3, -0.25) is 4.79 Å². The summed E-state index contributed by atoms with van der Waals surface area (Å²) in [6.07, 6.45) is 10.1. The van der Waals surface area contributed by atoms with Gasteiger partial charge in [-0.2, -0.15) is 0 Å². The van der Waals surface area contributed by atoms with Crippen molar-refractivity contribution in [1.82, 2.24) is 0 Å². The maximum atomic E-state index is 13.0. The third-order valence-corrected chi connectivity index (χ3v) is 5.79. The minimum absolute atomic E-state index is 0.233. The van der Waals surface area contributed by atoms with Gasteiger partial charge in [-0.05, 0) is 49.7 Å². The fourth-order valence-corrected chi connectivity index (χ4v) is 5.18. The van der Waals surface area contributed by atoms with Gasteiger partial charge >= 0.3 is 0 Å². The van der Waals surface area contributed by atoms with Gasteiger partial charge in [0, 0.05) is 5.92 Å². The van der Waals surface area contributed by atoms with Crippen molar-refractivity contribution in [2.75, 3.05) is 0 Å². The molecular weight excluding hydrogens is 224 g/mol. The molecule has 0 N–H and O–H groups in total. The van der Waals surface area contributed by atoms with Gasteiger partial charge in [0.1, 0.15) is 11.5 Å². The molecule has 1 heterocycles. The van der Waals surface area contributed by atoms with Crippen molar-refractivity contribution in [2.45, 2.75) is 50.4 Å². The minimum Gasteiger partial charge on any atom is -0.468 e. The molecule has 4 rings (SSSR count). The van der Waals surface area contributed by atoms with Gasteiger partial charge in [0.25, 0.3) is 0 Å². The summed E-state index contributed by atoms with van der Waals surface area (Å²) < 4.78 is 5.68. The van der Waals surface area contributed by atoms with Crippen LogP contribution in [0.1, 0.15) is 50.7 Å². The zero-order chi connectivity index (χ0) is 12.2. The molecule has 96 valence electrons. The average Bonchev–Trinajstić information content (AvgIpc) is 3.09. The van der Waals surface area contributed by atoms with E-state index in [0.29, 0.717) is 23.5 Å². The first-order valence-electron chi connectivity index (χ1n) is 7.42. The Balaban J connectivity index is 1.83. The normalized spacial score (nSPS) is 42.9. The van der Waals surface area contributed by atoms with Gasteiger partial charge in [0.05, 0.1) is 11.7 Å². The predicted molar refractivity (Wildman–Crippen MR) is 68.2 cm³/mol. The highest BCUT2D eigenvalue weighted by molar-refractivity contribution is 5.95. The van der Waals surface area contributed by atoms with E-state index in [2.05, 4.69) is 0 Å². The molecule has 2 nitrogen and oxygen atoms in total. The summed E-state index contributed by atoms with van der Waals surface area (Å²) in [5, 5.41) is 0. The molecule has 2 heteroatoms. The van der Waals surface area contributed by atoms with E-state index in [-0.39, 0.29) is 5.41 Å². The Kier molecular flexibility index (Phi) is 2.24. The standard InChI is InChI=1S/C16H20O2/c17-15-12-6-2-1-5-11(12)13-7-3-9-16(13,15)14-8-4-10-18-14/h4,8,10-13H,1-3,5-7,9H2/t11-,12-,13+,16+/m1/s1. The molecule has 3 saturated carbocycles. The van der Waals surface area contributed by atoms with Crippen LogP contribution in [0.4, 0.5) is 0 Å². The molecule has 0 aliphatic heterocycles. The van der Waals surface area contributed by atoms with Crippen LogP contribution in [0.2, 0.25) is 0 Å². The van der Waals surface area contributed by atoms with Crippen LogP contribution in [0.25, 0.3) is 0 Å². The van der Waals surface area contributed by atoms with Gasteiger partial charge in [-0.1, -0.05) is 19.3 Å². The molecule has 0 aromatic carbocycles. The van der Waals surface area contributed by atoms with Crippen molar-refractivity contribution < 1.29 is 9.21 Å². The third kappa shape index (κ3) is 1.17. The second kappa shape index (κ2) is 3.72. The second-order valence-electron chi connectivity index (χ2n) is 6.37. The van der Waals surface area contributed by atoms with Gasteiger partial charge in [-0.15, -0.1) is 0 Å². The number of rotatable bonds is 1. The van der Waals surface area contributed by atoms with Gasteiger partial charge in [-0.25, -0.2) is 0 Å². The molecule has 0 amide bonds. The number of carbonyl (C=O) groups is 1. The van der Waals surface area contributed by atoms with Crippen LogP contribution in [0.15, 0.2) is 22.8 Å². The van der Waals surface area contributed by atoms with Crippen molar-refractivity contribution >= 4 is 5.78 Å². The van der Waals surface area contributed by atoms with Crippen molar-refractivity contribution in [3.05, 3.63) is 24.2 Å². The van der Waals surface area contributed by atoms with E-state index in [0.717, 1.165) is 18.6 Å². The van der Waals surface area contributed by atoms with Crippen molar-refractivity contribution in [3.8, 4) is 0 Å². The Bertz CT molecular complexity index is 461. The average molecular weight is 244 g/mol. The summed E-state index contributed by atoms with van der Waals surface area (Å²) >= 11 is 0. The smallest absolute Gasteiger partial charge is 0.150 e. The lowest BCUT2D eigenvalue weighted by atomic mass is 9.74. The van der Waals surface area contributed by atoms with Crippen LogP contribution in [0, 0.1) is 17.8 Å². The second-order valence-corrected chi connectivity index (χ2v) is 6.37. The number of furan rings is 1. The van der Waals surface area contributed by atoms with Crippen molar-refractivity contribution in [1.29, 1.82) is 0 Å². The Labute approximate surface area is 108 Å². The Morgan fingerprint density at radius 2 is 2.06 bits per heavy atom. The van der Waals surface area contributed by atoms with Gasteiger partial charge in [0.2, 0.25) is 0 Å². The number of carbonyl (C=O) groups excluding carboxylic acids is 1. The van der Waals surface area contributed by atoms with E-state index < -0.39 is 0 Å². The number of Topliss-reactive ketones (excluding diaryl/α,β-unsaturated/α-hetero) is 1. The zero-order valence-electron chi connectivity index (χ0n) is 10.7. The lowest BCUT2D eigenvalue weighted by Crippen LogP contribution is -2.34. The zero-order valence-corrected chi connectivity index (χ0v) is 10.7. The summed E-state index contributed by atoms with van der Waals surface area (Å²) in [6.45, 7) is 0. The molecular formula is C16H20O2. The summed E-state index contributed by atoms with van der Waals surface area (Å²) in [5.74, 6) is 3.04. The molecule has 3 aliphatic rings. The Morgan fingerprint density at radius 1 is 1.17 bits per heavy atom. The molecule has 0 bridgehead atoms. The quantitative estimate of drug-likeness (QED) is 0.754. The van der Waals surface area contributed by atoms with Crippen molar-refractivity contribution in [3.63, 3.8) is 0 Å². The van der Waals surface area contributed by atoms with Crippen LogP contribution < -0.4 is 0 Å². The Hall–Kier alpha value is -1.05. The van der Waals surface area contributed by atoms with Crippen molar-refractivity contribution in [2.24, 2.45) is 17.8 Å². The third-order valence-electron chi connectivity index (χ3n) is 5.79. The van der Waals surface area contributed by atoms with Gasteiger partial charge < -0.3 is 4.42 Å². The molecule has 0 saturated heterocycles. The highest BCUT2D eigenvalue weighted by Gasteiger charge is 2.63. The molecule has 0 radical (unpaired) electrons. The van der Waals surface area contributed by atoms with E-state index in [4.69, 9.17) is 4.42 Å². The fraction of sp³-hybridized carbons (Fsp3) is 0.688. The minimum atomic E-state index is -0.233. The van der Waals surface area contributed by atoms with E-state index in [1.165, 1.54) is 32.1 Å². The first kappa shape index (κ1) is 10.8. The molecule has 18 heavy (non-hydrogen) atoms. The molecule has 0 spiro atoms. The number of fused-ring (bicyclic) bond motifs is 3. The SMILES string of the molecule is O=C1[C@@H]2CCCC[C@H]2[C@@H]2CCC[C@]12c1ccco1. The maximum Gasteiger partial charge on any atom is 0.150 e. The van der Waals surface area contributed by atoms with Crippen LogP contribution in [0.5, 0.6) is 0 Å². The monoisotopic (exact) mass is 244 g/mol. The summed E-state index contributed by atoms with van der Waals surface area (Å²) in [5.41, 5.74) is -0.233. The van der Waals surface area contributed by atoms with E-state index >= 15 is 0 Å². The first-order chi connectivity index (χ1) is 8.84. The van der Waals surface area contributed by atoms with Crippen LogP contribution in [-0.2, 0) is 10.2 Å². The molecule has 1 aromatic heterocycles. The molecule has 3 aliphatic carbocycles.